The van der Waals surface area contributed by atoms with Crippen molar-refractivity contribution in [1.29, 1.82) is 0 Å². The summed E-state index contributed by atoms with van der Waals surface area (Å²) in [6.45, 7) is 0.359. The van der Waals surface area contributed by atoms with E-state index in [1.807, 2.05) is 0 Å². The number of benzene rings is 1. The average molecular weight is 240 g/mol. The van der Waals surface area contributed by atoms with E-state index in [-0.39, 0.29) is 5.92 Å². The second-order valence-electron chi connectivity index (χ2n) is 3.72. The maximum absolute atomic E-state index is 11.3. The van der Waals surface area contributed by atoms with E-state index in [1.54, 1.807) is 24.3 Å². The second-order valence-corrected chi connectivity index (χ2v) is 4.16. The topological polar surface area (TPSA) is 66.4 Å². The summed E-state index contributed by atoms with van der Waals surface area (Å²) in [5.41, 5.74) is 0.815. The third kappa shape index (κ3) is 1.88. The van der Waals surface area contributed by atoms with Gasteiger partial charge in [-0.3, -0.25) is 9.59 Å². The Morgan fingerprint density at radius 1 is 1.38 bits per heavy atom. The molecule has 4 nitrogen and oxygen atoms in total. The molecular formula is C11H10ClNO3. The van der Waals surface area contributed by atoms with Crippen molar-refractivity contribution in [2.24, 2.45) is 5.92 Å². The molecule has 1 aliphatic rings. The molecule has 84 valence electrons. The molecular weight excluding hydrogens is 230 g/mol. The van der Waals surface area contributed by atoms with Crippen LogP contribution in [0.15, 0.2) is 24.3 Å². The SMILES string of the molecule is O=C(O)[C@@H]1C(=O)NC[C@@H]1c1ccc(Cl)cc1. The summed E-state index contributed by atoms with van der Waals surface area (Å²) in [4.78, 5) is 22.3. The molecule has 2 rings (SSSR count). The zero-order valence-corrected chi connectivity index (χ0v) is 9.07. The van der Waals surface area contributed by atoms with Gasteiger partial charge in [-0.05, 0) is 17.7 Å². The van der Waals surface area contributed by atoms with Crippen LogP contribution >= 0.6 is 11.6 Å². The lowest BCUT2D eigenvalue weighted by atomic mass is 9.89. The highest BCUT2D eigenvalue weighted by atomic mass is 35.5. The second kappa shape index (κ2) is 4.14. The van der Waals surface area contributed by atoms with E-state index in [0.29, 0.717) is 11.6 Å². The van der Waals surface area contributed by atoms with Gasteiger partial charge in [0.05, 0.1) is 0 Å². The molecule has 0 saturated carbocycles. The Bertz CT molecular complexity index is 429. The Morgan fingerprint density at radius 3 is 2.56 bits per heavy atom. The molecule has 0 aromatic heterocycles. The summed E-state index contributed by atoms with van der Waals surface area (Å²) in [6.07, 6.45) is 0. The number of hydrogen-bond donors (Lipinski definition) is 2. The third-order valence-electron chi connectivity index (χ3n) is 2.75. The fourth-order valence-electron chi connectivity index (χ4n) is 1.93. The number of carbonyl (C=O) groups excluding carboxylic acids is 1. The molecule has 0 spiro atoms. The number of carboxylic acids is 1. The maximum Gasteiger partial charge on any atom is 0.316 e. The van der Waals surface area contributed by atoms with Gasteiger partial charge in [-0.2, -0.15) is 0 Å². The van der Waals surface area contributed by atoms with E-state index >= 15 is 0 Å². The van der Waals surface area contributed by atoms with E-state index in [0.717, 1.165) is 5.56 Å². The van der Waals surface area contributed by atoms with E-state index in [1.165, 1.54) is 0 Å². The molecule has 0 unspecified atom stereocenters. The molecule has 2 N–H and O–H groups in total. The van der Waals surface area contributed by atoms with Gasteiger partial charge in [0.15, 0.2) is 0 Å². The largest absolute Gasteiger partial charge is 0.481 e. The molecule has 2 atom stereocenters. The van der Waals surface area contributed by atoms with Crippen molar-refractivity contribution >= 4 is 23.5 Å². The molecule has 1 aliphatic heterocycles. The summed E-state index contributed by atoms with van der Waals surface area (Å²) in [5.74, 6) is -2.83. The first-order valence-electron chi connectivity index (χ1n) is 4.85. The highest BCUT2D eigenvalue weighted by Gasteiger charge is 2.40. The van der Waals surface area contributed by atoms with Gasteiger partial charge in [0.2, 0.25) is 5.91 Å². The van der Waals surface area contributed by atoms with Gasteiger partial charge < -0.3 is 10.4 Å². The summed E-state index contributed by atoms with van der Waals surface area (Å²) in [7, 11) is 0. The highest BCUT2D eigenvalue weighted by molar-refractivity contribution is 6.30. The average Bonchev–Trinajstić information content (AvgIpc) is 2.61. The van der Waals surface area contributed by atoms with Gasteiger partial charge in [-0.25, -0.2) is 0 Å². The van der Waals surface area contributed by atoms with Gasteiger partial charge in [0, 0.05) is 17.5 Å². The molecule has 0 aliphatic carbocycles. The Labute approximate surface area is 97.2 Å². The number of nitrogens with one attached hydrogen (secondary N) is 1. The van der Waals surface area contributed by atoms with Crippen LogP contribution in [0.5, 0.6) is 0 Å². The van der Waals surface area contributed by atoms with Crippen LogP contribution in [-0.4, -0.2) is 23.5 Å². The van der Waals surface area contributed by atoms with Crippen molar-refractivity contribution in [2.45, 2.75) is 5.92 Å². The molecule has 1 aromatic rings. The van der Waals surface area contributed by atoms with Gasteiger partial charge >= 0.3 is 5.97 Å². The number of hydrogen-bond acceptors (Lipinski definition) is 2. The Hall–Kier alpha value is -1.55. The number of halogens is 1. The van der Waals surface area contributed by atoms with Crippen LogP contribution in [0.25, 0.3) is 0 Å². The zero-order chi connectivity index (χ0) is 11.7. The smallest absolute Gasteiger partial charge is 0.316 e. The van der Waals surface area contributed by atoms with E-state index in [9.17, 15) is 9.59 Å². The number of amides is 1. The number of rotatable bonds is 2. The summed E-state index contributed by atoms with van der Waals surface area (Å²) in [5, 5.41) is 12.1. The highest BCUT2D eigenvalue weighted by Crippen LogP contribution is 2.29. The predicted octanol–water partition coefficient (Wildman–Crippen LogP) is 1.25. The molecule has 5 heteroatoms. The first-order valence-corrected chi connectivity index (χ1v) is 5.23. The number of aliphatic carboxylic acids is 1. The van der Waals surface area contributed by atoms with Crippen LogP contribution < -0.4 is 5.32 Å². The quantitative estimate of drug-likeness (QED) is 0.764. The molecule has 1 fully saturated rings. The van der Waals surface area contributed by atoms with Crippen molar-refractivity contribution in [1.82, 2.24) is 5.32 Å². The van der Waals surface area contributed by atoms with Gasteiger partial charge in [0.25, 0.3) is 0 Å². The standard InChI is InChI=1S/C11H10ClNO3/c12-7-3-1-6(2-4-7)8-5-13-10(14)9(8)11(15)16/h1-4,8-9H,5H2,(H,13,14)(H,15,16)/t8-,9+/m1/s1. The lowest BCUT2D eigenvalue weighted by Gasteiger charge is -2.13. The van der Waals surface area contributed by atoms with Gasteiger partial charge in [-0.1, -0.05) is 23.7 Å². The lowest BCUT2D eigenvalue weighted by molar-refractivity contribution is -0.145. The van der Waals surface area contributed by atoms with E-state index < -0.39 is 17.8 Å². The minimum absolute atomic E-state index is 0.317. The molecule has 0 radical (unpaired) electrons. The van der Waals surface area contributed by atoms with E-state index in [2.05, 4.69) is 5.32 Å². The fraction of sp³-hybridized carbons (Fsp3) is 0.273. The van der Waals surface area contributed by atoms with Crippen molar-refractivity contribution in [3.63, 3.8) is 0 Å². The van der Waals surface area contributed by atoms with Crippen molar-refractivity contribution < 1.29 is 14.7 Å². The Morgan fingerprint density at radius 2 is 2.00 bits per heavy atom. The Kier molecular flexibility index (Phi) is 2.83. The molecule has 1 saturated heterocycles. The van der Waals surface area contributed by atoms with Crippen LogP contribution in [0.2, 0.25) is 5.02 Å². The summed E-state index contributed by atoms with van der Waals surface area (Å²) in [6, 6.07) is 6.89. The van der Waals surface area contributed by atoms with Crippen molar-refractivity contribution in [3.8, 4) is 0 Å². The Balaban J connectivity index is 2.30. The third-order valence-corrected chi connectivity index (χ3v) is 3.00. The minimum atomic E-state index is -1.09. The van der Waals surface area contributed by atoms with Crippen molar-refractivity contribution in [3.05, 3.63) is 34.9 Å². The van der Waals surface area contributed by atoms with Crippen LogP contribution in [0.4, 0.5) is 0 Å². The monoisotopic (exact) mass is 239 g/mol. The number of carbonyl (C=O) groups is 2. The maximum atomic E-state index is 11.3. The summed E-state index contributed by atoms with van der Waals surface area (Å²) >= 11 is 5.75. The van der Waals surface area contributed by atoms with E-state index in [4.69, 9.17) is 16.7 Å². The van der Waals surface area contributed by atoms with Crippen LogP contribution in [-0.2, 0) is 9.59 Å². The van der Waals surface area contributed by atoms with Crippen LogP contribution in [0.3, 0.4) is 0 Å². The molecule has 0 bridgehead atoms. The number of carboxylic acid groups (broad SMARTS) is 1. The minimum Gasteiger partial charge on any atom is -0.481 e. The predicted molar refractivity (Wildman–Crippen MR) is 58.3 cm³/mol. The first kappa shape index (κ1) is 11.0. The molecule has 1 heterocycles. The van der Waals surface area contributed by atoms with Gasteiger partial charge in [0.1, 0.15) is 5.92 Å². The lowest BCUT2D eigenvalue weighted by Crippen LogP contribution is -2.26. The first-order chi connectivity index (χ1) is 7.59. The molecule has 1 aromatic carbocycles. The van der Waals surface area contributed by atoms with Crippen molar-refractivity contribution in [2.75, 3.05) is 6.54 Å². The van der Waals surface area contributed by atoms with Gasteiger partial charge in [-0.15, -0.1) is 0 Å². The fourth-order valence-corrected chi connectivity index (χ4v) is 2.05. The normalized spacial score (nSPS) is 24.2. The molecule has 1 amide bonds. The van der Waals surface area contributed by atoms with Crippen LogP contribution in [0, 0.1) is 5.92 Å². The van der Waals surface area contributed by atoms with Crippen LogP contribution in [0.1, 0.15) is 11.5 Å². The summed E-state index contributed by atoms with van der Waals surface area (Å²) < 4.78 is 0. The zero-order valence-electron chi connectivity index (χ0n) is 8.31. The molecule has 16 heavy (non-hydrogen) atoms.